The van der Waals surface area contributed by atoms with Crippen molar-refractivity contribution in [2.75, 3.05) is 12.0 Å². The van der Waals surface area contributed by atoms with E-state index in [1.165, 1.54) is 4.90 Å². The lowest BCUT2D eigenvalue weighted by Crippen LogP contribution is -2.56. The first kappa shape index (κ1) is 20.6. The highest BCUT2D eigenvalue weighted by molar-refractivity contribution is 9.10. The number of fused-ring (bicyclic) bond motifs is 1. The molecule has 4 rings (SSSR count). The van der Waals surface area contributed by atoms with Gasteiger partial charge in [0.15, 0.2) is 0 Å². The Balaban J connectivity index is 1.64. The third kappa shape index (κ3) is 3.31. The van der Waals surface area contributed by atoms with Gasteiger partial charge in [-0.05, 0) is 61.7 Å². The van der Waals surface area contributed by atoms with Crippen molar-refractivity contribution in [2.24, 2.45) is 0 Å². The SMILES string of the molecule is COc1ccc(CN2C(=O)CCC(N3C(=O)C(C)(C)c4cc(Br)ccc43)C2=O)cc1. The van der Waals surface area contributed by atoms with Gasteiger partial charge in [0.25, 0.3) is 5.91 Å². The second-order valence-corrected chi connectivity index (χ2v) is 9.10. The van der Waals surface area contributed by atoms with Crippen LogP contribution in [0.25, 0.3) is 0 Å². The lowest BCUT2D eigenvalue weighted by Gasteiger charge is -2.36. The van der Waals surface area contributed by atoms with Gasteiger partial charge in [0.05, 0.1) is 19.1 Å². The Labute approximate surface area is 183 Å². The number of imide groups is 1. The summed E-state index contributed by atoms with van der Waals surface area (Å²) in [4.78, 5) is 42.1. The van der Waals surface area contributed by atoms with E-state index >= 15 is 0 Å². The number of carbonyl (C=O) groups is 3. The molecule has 0 radical (unpaired) electrons. The summed E-state index contributed by atoms with van der Waals surface area (Å²) in [6.07, 6.45) is 0.552. The van der Waals surface area contributed by atoms with E-state index in [4.69, 9.17) is 4.74 Å². The lowest BCUT2D eigenvalue weighted by molar-refractivity contribution is -0.150. The van der Waals surface area contributed by atoms with Crippen molar-refractivity contribution in [3.8, 4) is 5.75 Å². The quantitative estimate of drug-likeness (QED) is 0.637. The average Bonchev–Trinajstić information content (AvgIpc) is 2.92. The van der Waals surface area contributed by atoms with Crippen LogP contribution in [0.3, 0.4) is 0 Å². The fourth-order valence-electron chi connectivity index (χ4n) is 4.19. The van der Waals surface area contributed by atoms with E-state index in [0.717, 1.165) is 21.3 Å². The minimum atomic E-state index is -0.734. The molecular formula is C23H23BrN2O4. The lowest BCUT2D eigenvalue weighted by atomic mass is 9.86. The van der Waals surface area contributed by atoms with Gasteiger partial charge in [-0.25, -0.2) is 0 Å². The van der Waals surface area contributed by atoms with E-state index < -0.39 is 11.5 Å². The van der Waals surface area contributed by atoms with E-state index in [-0.39, 0.29) is 30.7 Å². The molecule has 1 saturated heterocycles. The van der Waals surface area contributed by atoms with E-state index in [9.17, 15) is 14.4 Å². The first-order valence-electron chi connectivity index (χ1n) is 9.85. The van der Waals surface area contributed by atoms with Crippen molar-refractivity contribution in [2.45, 2.75) is 44.7 Å². The summed E-state index contributed by atoms with van der Waals surface area (Å²) in [6.45, 7) is 3.92. The zero-order valence-corrected chi connectivity index (χ0v) is 18.7. The first-order chi connectivity index (χ1) is 14.2. The molecule has 30 heavy (non-hydrogen) atoms. The number of carbonyl (C=O) groups excluding carboxylic acids is 3. The molecule has 2 aliphatic heterocycles. The van der Waals surface area contributed by atoms with Crippen molar-refractivity contribution in [1.29, 1.82) is 0 Å². The molecule has 3 amide bonds. The van der Waals surface area contributed by atoms with Gasteiger partial charge in [0, 0.05) is 16.6 Å². The van der Waals surface area contributed by atoms with Crippen LogP contribution < -0.4 is 9.64 Å². The zero-order valence-electron chi connectivity index (χ0n) is 17.1. The van der Waals surface area contributed by atoms with Crippen LogP contribution in [0.1, 0.15) is 37.8 Å². The van der Waals surface area contributed by atoms with Crippen LogP contribution in [0.4, 0.5) is 5.69 Å². The largest absolute Gasteiger partial charge is 0.497 e. The van der Waals surface area contributed by atoms with Gasteiger partial charge >= 0.3 is 0 Å². The Morgan fingerprint density at radius 2 is 1.80 bits per heavy atom. The number of nitrogens with zero attached hydrogens (tertiary/aromatic N) is 2. The highest BCUT2D eigenvalue weighted by Crippen LogP contribution is 2.45. The van der Waals surface area contributed by atoms with E-state index in [1.807, 2.05) is 44.2 Å². The Kier molecular flexibility index (Phi) is 5.18. The van der Waals surface area contributed by atoms with Crippen molar-refractivity contribution in [3.63, 3.8) is 0 Å². The molecule has 2 aromatic carbocycles. The minimum Gasteiger partial charge on any atom is -0.497 e. The molecule has 0 aromatic heterocycles. The molecule has 0 aliphatic carbocycles. The summed E-state index contributed by atoms with van der Waals surface area (Å²) in [7, 11) is 1.59. The minimum absolute atomic E-state index is 0.118. The Hall–Kier alpha value is -2.67. The predicted molar refractivity (Wildman–Crippen MR) is 116 cm³/mol. The van der Waals surface area contributed by atoms with Crippen molar-refractivity contribution in [3.05, 3.63) is 58.1 Å². The first-order valence-corrected chi connectivity index (χ1v) is 10.6. The van der Waals surface area contributed by atoms with Gasteiger partial charge in [-0.3, -0.25) is 24.2 Å². The smallest absolute Gasteiger partial charge is 0.252 e. The molecule has 0 saturated carbocycles. The molecule has 6 nitrogen and oxygen atoms in total. The predicted octanol–water partition coefficient (Wildman–Crippen LogP) is 3.80. The fraction of sp³-hybridized carbons (Fsp3) is 0.348. The number of anilines is 1. The number of rotatable bonds is 4. The van der Waals surface area contributed by atoms with Gasteiger partial charge in [0.2, 0.25) is 11.8 Å². The number of ether oxygens (including phenoxy) is 1. The number of piperidine rings is 1. The maximum absolute atomic E-state index is 13.4. The molecule has 7 heteroatoms. The van der Waals surface area contributed by atoms with Crippen LogP contribution in [0.2, 0.25) is 0 Å². The van der Waals surface area contributed by atoms with Gasteiger partial charge < -0.3 is 4.74 Å². The highest BCUT2D eigenvalue weighted by Gasteiger charge is 2.50. The number of hydrogen-bond donors (Lipinski definition) is 0. The normalized spacial score (nSPS) is 20.5. The average molecular weight is 471 g/mol. The van der Waals surface area contributed by atoms with Crippen LogP contribution in [0, 0.1) is 0 Å². The van der Waals surface area contributed by atoms with Crippen molar-refractivity contribution < 1.29 is 19.1 Å². The summed E-state index contributed by atoms with van der Waals surface area (Å²) in [5, 5.41) is 0. The summed E-state index contributed by atoms with van der Waals surface area (Å²) in [5.74, 6) is 0.0456. The van der Waals surface area contributed by atoms with Crippen molar-refractivity contribution in [1.82, 2.24) is 4.90 Å². The molecule has 2 aliphatic rings. The molecule has 156 valence electrons. The van der Waals surface area contributed by atoms with Gasteiger partial charge in [0.1, 0.15) is 11.8 Å². The van der Waals surface area contributed by atoms with Gasteiger partial charge in [-0.1, -0.05) is 28.1 Å². The molecule has 1 unspecified atom stereocenters. The third-order valence-corrected chi connectivity index (χ3v) is 6.43. The summed E-state index contributed by atoms with van der Waals surface area (Å²) < 4.78 is 6.05. The number of methoxy groups -OCH3 is 1. The summed E-state index contributed by atoms with van der Waals surface area (Å²) >= 11 is 3.47. The summed E-state index contributed by atoms with van der Waals surface area (Å²) in [6, 6.07) is 12.2. The Morgan fingerprint density at radius 3 is 2.47 bits per heavy atom. The molecule has 0 spiro atoms. The van der Waals surface area contributed by atoms with Crippen LogP contribution in [-0.4, -0.2) is 35.8 Å². The van der Waals surface area contributed by atoms with Crippen LogP contribution >= 0.6 is 15.9 Å². The molecular weight excluding hydrogens is 448 g/mol. The van der Waals surface area contributed by atoms with Crippen LogP contribution in [-0.2, 0) is 26.3 Å². The molecule has 0 bridgehead atoms. The van der Waals surface area contributed by atoms with E-state index in [2.05, 4.69) is 15.9 Å². The van der Waals surface area contributed by atoms with Crippen LogP contribution in [0.15, 0.2) is 46.9 Å². The maximum atomic E-state index is 13.4. The third-order valence-electron chi connectivity index (χ3n) is 5.94. The van der Waals surface area contributed by atoms with E-state index in [1.54, 1.807) is 24.1 Å². The maximum Gasteiger partial charge on any atom is 0.252 e. The Morgan fingerprint density at radius 1 is 1.10 bits per heavy atom. The highest BCUT2D eigenvalue weighted by atomic mass is 79.9. The topological polar surface area (TPSA) is 66.9 Å². The van der Waals surface area contributed by atoms with Crippen molar-refractivity contribution >= 4 is 39.3 Å². The number of likely N-dealkylation sites (tertiary alicyclic amines) is 1. The van der Waals surface area contributed by atoms with E-state index in [0.29, 0.717) is 12.2 Å². The number of halogens is 1. The second kappa shape index (κ2) is 7.54. The molecule has 1 atom stereocenters. The number of hydrogen-bond acceptors (Lipinski definition) is 4. The second-order valence-electron chi connectivity index (χ2n) is 8.18. The standard InChI is InChI=1S/C23H23BrN2O4/c1-23(2)17-12-15(24)6-9-18(17)26(22(23)29)19-10-11-20(27)25(21(19)28)13-14-4-7-16(30-3)8-5-14/h4-9,12,19H,10-11,13H2,1-3H3. The van der Waals surface area contributed by atoms with Gasteiger partial charge in [-0.15, -0.1) is 0 Å². The molecule has 1 fully saturated rings. The number of amides is 3. The molecule has 2 heterocycles. The van der Waals surface area contributed by atoms with Crippen LogP contribution in [0.5, 0.6) is 5.75 Å². The Bertz CT molecular complexity index is 1030. The fourth-order valence-corrected chi connectivity index (χ4v) is 4.56. The molecule has 0 N–H and O–H groups in total. The monoisotopic (exact) mass is 470 g/mol. The zero-order chi connectivity index (χ0) is 21.6. The summed E-state index contributed by atoms with van der Waals surface area (Å²) in [5.41, 5.74) is 1.72. The molecule has 2 aromatic rings. The number of benzene rings is 2. The van der Waals surface area contributed by atoms with Gasteiger partial charge in [-0.2, -0.15) is 0 Å².